The van der Waals surface area contributed by atoms with Crippen LogP contribution in [0.2, 0.25) is 0 Å². The van der Waals surface area contributed by atoms with Crippen LogP contribution >= 0.6 is 11.8 Å². The number of hydrogen-bond acceptors (Lipinski definition) is 3. The highest BCUT2D eigenvalue weighted by Gasteiger charge is 2.29. The van der Waals surface area contributed by atoms with E-state index in [1.807, 2.05) is 10.8 Å². The van der Waals surface area contributed by atoms with Crippen molar-refractivity contribution < 1.29 is 13.2 Å². The Morgan fingerprint density at radius 1 is 1.26 bits per heavy atom. The lowest BCUT2D eigenvalue weighted by Crippen LogP contribution is -2.20. The summed E-state index contributed by atoms with van der Waals surface area (Å²) in [4.78, 5) is 3.92. The van der Waals surface area contributed by atoms with Crippen LogP contribution < -0.4 is 0 Å². The van der Waals surface area contributed by atoms with E-state index < -0.39 is 12.7 Å². The topological polar surface area (TPSA) is 35.6 Å². The number of alkyl halides is 3. The van der Waals surface area contributed by atoms with Crippen molar-refractivity contribution in [3.05, 3.63) is 36.7 Å². The van der Waals surface area contributed by atoms with Crippen molar-refractivity contribution in [1.29, 1.82) is 0 Å². The fourth-order valence-corrected chi connectivity index (χ4v) is 2.50. The van der Waals surface area contributed by atoms with Crippen LogP contribution in [0.5, 0.6) is 0 Å². The van der Waals surface area contributed by atoms with Gasteiger partial charge in [-0.05, 0) is 6.07 Å². The summed E-state index contributed by atoms with van der Waals surface area (Å²) < 4.78 is 39.8. The first-order valence-corrected chi connectivity index (χ1v) is 6.81. The van der Waals surface area contributed by atoms with Crippen LogP contribution in [-0.2, 0) is 18.8 Å². The molecular weight excluding hydrogens is 277 g/mol. The smallest absolute Gasteiger partial charge is 0.337 e. The van der Waals surface area contributed by atoms with Gasteiger partial charge in [0.25, 0.3) is 0 Å². The molecule has 104 valence electrons. The largest absolute Gasteiger partial charge is 0.408 e. The Labute approximate surface area is 112 Å². The summed E-state index contributed by atoms with van der Waals surface area (Å²) in [5, 5.41) is 3.70. The fraction of sp³-hybridized carbons (Fsp3) is 0.455. The average Bonchev–Trinajstić information content (AvgIpc) is 2.94. The molecule has 0 aliphatic carbocycles. The van der Waals surface area contributed by atoms with E-state index in [9.17, 15) is 13.2 Å². The van der Waals surface area contributed by atoms with Gasteiger partial charge in [-0.15, -0.1) is 0 Å². The van der Waals surface area contributed by atoms with Crippen LogP contribution in [0.3, 0.4) is 0 Å². The maximum absolute atomic E-state index is 12.3. The zero-order chi connectivity index (χ0) is 13.7. The van der Waals surface area contributed by atoms with Gasteiger partial charge in [0.05, 0.1) is 6.33 Å². The van der Waals surface area contributed by atoms with E-state index in [4.69, 9.17) is 0 Å². The number of halogens is 3. The van der Waals surface area contributed by atoms with Gasteiger partial charge in [-0.1, -0.05) is 0 Å². The van der Waals surface area contributed by atoms with Crippen LogP contribution in [-0.4, -0.2) is 31.3 Å². The molecule has 0 amide bonds. The standard InChI is InChI=1S/C11H13F3N4S/c12-11(13,14)8-18-10(1-2-16-18)7-19-6-5-17-4-3-15-9-17/h1-4,9H,5-8H2. The monoisotopic (exact) mass is 290 g/mol. The quantitative estimate of drug-likeness (QED) is 0.767. The number of rotatable bonds is 6. The molecule has 0 unspecified atom stereocenters. The summed E-state index contributed by atoms with van der Waals surface area (Å²) >= 11 is 1.57. The normalized spacial score (nSPS) is 11.9. The lowest BCUT2D eigenvalue weighted by atomic mass is 10.5. The first kappa shape index (κ1) is 14.0. The maximum Gasteiger partial charge on any atom is 0.408 e. The Morgan fingerprint density at radius 2 is 2.11 bits per heavy atom. The molecule has 2 rings (SSSR count). The SMILES string of the molecule is FC(F)(F)Cn1nccc1CSCCn1ccnc1. The highest BCUT2D eigenvalue weighted by Crippen LogP contribution is 2.20. The molecule has 0 radical (unpaired) electrons. The highest BCUT2D eigenvalue weighted by molar-refractivity contribution is 7.98. The van der Waals surface area contributed by atoms with Crippen molar-refractivity contribution in [2.75, 3.05) is 5.75 Å². The number of aromatic nitrogens is 4. The number of aryl methyl sites for hydroxylation is 1. The summed E-state index contributed by atoms with van der Waals surface area (Å²) in [5.41, 5.74) is 0.591. The maximum atomic E-state index is 12.3. The Kier molecular flexibility index (Phi) is 4.52. The molecule has 0 atom stereocenters. The minimum Gasteiger partial charge on any atom is -0.337 e. The van der Waals surface area contributed by atoms with Crippen molar-refractivity contribution in [2.45, 2.75) is 25.0 Å². The molecule has 2 heterocycles. The van der Waals surface area contributed by atoms with Gasteiger partial charge in [0.2, 0.25) is 0 Å². The van der Waals surface area contributed by atoms with Crippen LogP contribution in [0.25, 0.3) is 0 Å². The minimum absolute atomic E-state index is 0.519. The molecule has 0 spiro atoms. The Morgan fingerprint density at radius 3 is 2.79 bits per heavy atom. The van der Waals surface area contributed by atoms with Gasteiger partial charge in [-0.2, -0.15) is 30.0 Å². The molecule has 0 saturated heterocycles. The van der Waals surface area contributed by atoms with Crippen LogP contribution in [0.4, 0.5) is 13.2 Å². The van der Waals surface area contributed by atoms with Crippen molar-refractivity contribution in [3.63, 3.8) is 0 Å². The Bertz CT molecular complexity index is 492. The first-order valence-electron chi connectivity index (χ1n) is 5.65. The average molecular weight is 290 g/mol. The third kappa shape index (κ3) is 4.62. The molecule has 8 heteroatoms. The Hall–Kier alpha value is -1.44. The van der Waals surface area contributed by atoms with Crippen molar-refractivity contribution in [2.24, 2.45) is 0 Å². The van der Waals surface area contributed by atoms with Crippen molar-refractivity contribution in [3.8, 4) is 0 Å². The summed E-state index contributed by atoms with van der Waals surface area (Å²) in [7, 11) is 0. The minimum atomic E-state index is -4.23. The zero-order valence-corrected chi connectivity index (χ0v) is 10.9. The lowest BCUT2D eigenvalue weighted by Gasteiger charge is -2.10. The van der Waals surface area contributed by atoms with Crippen molar-refractivity contribution >= 4 is 11.8 Å². The van der Waals surface area contributed by atoms with E-state index in [0.29, 0.717) is 11.4 Å². The van der Waals surface area contributed by atoms with E-state index in [1.54, 1.807) is 30.4 Å². The van der Waals surface area contributed by atoms with Gasteiger partial charge in [0, 0.05) is 42.3 Å². The summed E-state index contributed by atoms with van der Waals surface area (Å²) in [6.45, 7) is -0.241. The van der Waals surface area contributed by atoms with Crippen LogP contribution in [0, 0.1) is 0 Å². The second-order valence-corrected chi connectivity index (χ2v) is 5.05. The van der Waals surface area contributed by atoms with Crippen LogP contribution in [0.15, 0.2) is 31.0 Å². The fourth-order valence-electron chi connectivity index (χ4n) is 1.56. The lowest BCUT2D eigenvalue weighted by molar-refractivity contribution is -0.142. The van der Waals surface area contributed by atoms with Gasteiger partial charge < -0.3 is 4.57 Å². The van der Waals surface area contributed by atoms with Crippen molar-refractivity contribution in [1.82, 2.24) is 19.3 Å². The molecule has 4 nitrogen and oxygen atoms in total. The molecule has 0 N–H and O–H groups in total. The summed E-state index contributed by atoms with van der Waals surface area (Å²) in [6, 6.07) is 1.62. The van der Waals surface area contributed by atoms with E-state index in [-0.39, 0.29) is 0 Å². The first-order chi connectivity index (χ1) is 9.04. The molecule has 0 aliphatic heterocycles. The Balaban J connectivity index is 1.78. The predicted molar refractivity (Wildman–Crippen MR) is 66.7 cm³/mol. The summed E-state index contributed by atoms with van der Waals surface area (Å²) in [6.07, 6.45) is 2.44. The number of hydrogen-bond donors (Lipinski definition) is 0. The zero-order valence-electron chi connectivity index (χ0n) is 10.0. The number of nitrogens with zero attached hydrogens (tertiary/aromatic N) is 4. The molecule has 19 heavy (non-hydrogen) atoms. The predicted octanol–water partition coefficient (Wildman–Crippen LogP) is 2.58. The van der Waals surface area contributed by atoms with E-state index in [2.05, 4.69) is 10.1 Å². The third-order valence-corrected chi connectivity index (χ3v) is 3.41. The molecule has 0 bridgehead atoms. The van der Waals surface area contributed by atoms with Crippen LogP contribution in [0.1, 0.15) is 5.69 Å². The second-order valence-electron chi connectivity index (χ2n) is 3.95. The molecule has 0 saturated carbocycles. The van der Waals surface area contributed by atoms with Gasteiger partial charge >= 0.3 is 6.18 Å². The molecule has 0 fully saturated rings. The molecule has 0 aliphatic rings. The molecule has 2 aromatic rings. The molecular formula is C11H13F3N4S. The van der Waals surface area contributed by atoms with Gasteiger partial charge in [-0.25, -0.2) is 4.98 Å². The van der Waals surface area contributed by atoms with Gasteiger partial charge in [0.15, 0.2) is 0 Å². The van der Waals surface area contributed by atoms with Gasteiger partial charge in [-0.3, -0.25) is 4.68 Å². The molecule has 0 aromatic carbocycles. The summed E-state index contributed by atoms with van der Waals surface area (Å²) in [5.74, 6) is 1.33. The number of thioether (sulfide) groups is 1. The highest BCUT2D eigenvalue weighted by atomic mass is 32.2. The second kappa shape index (κ2) is 6.14. The number of imidazole rings is 1. The van der Waals surface area contributed by atoms with E-state index >= 15 is 0 Å². The van der Waals surface area contributed by atoms with E-state index in [0.717, 1.165) is 17.0 Å². The molecule has 2 aromatic heterocycles. The van der Waals surface area contributed by atoms with E-state index in [1.165, 1.54) is 6.20 Å². The third-order valence-electron chi connectivity index (χ3n) is 2.44. The van der Waals surface area contributed by atoms with Gasteiger partial charge in [0.1, 0.15) is 6.54 Å².